The van der Waals surface area contributed by atoms with E-state index in [4.69, 9.17) is 9.47 Å². The van der Waals surface area contributed by atoms with Crippen LogP contribution >= 0.6 is 0 Å². The fourth-order valence-electron chi connectivity index (χ4n) is 3.10. The van der Waals surface area contributed by atoms with Crippen molar-refractivity contribution < 1.29 is 18.7 Å². The topological polar surface area (TPSA) is 77.8 Å². The van der Waals surface area contributed by atoms with Crippen LogP contribution in [0.5, 0.6) is 11.5 Å². The molecule has 0 spiro atoms. The zero-order valence-corrected chi connectivity index (χ0v) is 16.4. The van der Waals surface area contributed by atoms with Gasteiger partial charge in [-0.05, 0) is 54.1 Å². The van der Waals surface area contributed by atoms with E-state index in [1.165, 1.54) is 12.1 Å². The molecule has 2 aromatic heterocycles. The Bertz CT molecular complexity index is 1200. The third kappa shape index (κ3) is 3.80. The van der Waals surface area contributed by atoms with Gasteiger partial charge in [-0.1, -0.05) is 6.07 Å². The van der Waals surface area contributed by atoms with Gasteiger partial charge in [0.2, 0.25) is 0 Å². The number of hydrogen-bond acceptors (Lipinski definition) is 5. The lowest BCUT2D eigenvalue weighted by Gasteiger charge is -2.10. The smallest absolute Gasteiger partial charge is 0.251 e. The predicted molar refractivity (Wildman–Crippen MR) is 109 cm³/mol. The van der Waals surface area contributed by atoms with Crippen molar-refractivity contribution in [2.24, 2.45) is 0 Å². The summed E-state index contributed by atoms with van der Waals surface area (Å²) in [7, 11) is 3.13. The Morgan fingerprint density at radius 3 is 2.50 bits per heavy atom. The average Bonchev–Trinajstić information content (AvgIpc) is 3.21. The van der Waals surface area contributed by atoms with Gasteiger partial charge in [0.25, 0.3) is 5.91 Å². The van der Waals surface area contributed by atoms with Crippen LogP contribution in [0.1, 0.15) is 15.9 Å². The molecule has 0 unspecified atom stereocenters. The highest BCUT2D eigenvalue weighted by atomic mass is 19.1. The van der Waals surface area contributed by atoms with Crippen LogP contribution in [-0.2, 0) is 6.54 Å². The monoisotopic (exact) mass is 406 g/mol. The lowest BCUT2D eigenvalue weighted by Crippen LogP contribution is -2.22. The molecule has 30 heavy (non-hydrogen) atoms. The lowest BCUT2D eigenvalue weighted by atomic mass is 10.2. The van der Waals surface area contributed by atoms with Crippen molar-refractivity contribution in [1.29, 1.82) is 0 Å². The maximum absolute atomic E-state index is 13.2. The van der Waals surface area contributed by atoms with Crippen LogP contribution in [0.15, 0.2) is 60.8 Å². The molecule has 0 atom stereocenters. The lowest BCUT2D eigenvalue weighted by molar-refractivity contribution is 0.0951. The van der Waals surface area contributed by atoms with E-state index in [-0.39, 0.29) is 11.7 Å². The van der Waals surface area contributed by atoms with Gasteiger partial charge in [0.15, 0.2) is 23.0 Å². The first-order valence-corrected chi connectivity index (χ1v) is 9.19. The van der Waals surface area contributed by atoms with Gasteiger partial charge >= 0.3 is 0 Å². The van der Waals surface area contributed by atoms with Crippen LogP contribution in [0.2, 0.25) is 0 Å². The number of benzene rings is 2. The van der Waals surface area contributed by atoms with E-state index in [9.17, 15) is 9.18 Å². The summed E-state index contributed by atoms with van der Waals surface area (Å²) in [6.45, 7) is 0.331. The van der Waals surface area contributed by atoms with Gasteiger partial charge in [0.1, 0.15) is 5.82 Å². The zero-order valence-electron chi connectivity index (χ0n) is 16.4. The summed E-state index contributed by atoms with van der Waals surface area (Å²) < 4.78 is 25.4. The van der Waals surface area contributed by atoms with Gasteiger partial charge in [-0.15, -0.1) is 10.2 Å². The Morgan fingerprint density at radius 1 is 1.00 bits per heavy atom. The van der Waals surface area contributed by atoms with E-state index in [0.29, 0.717) is 35.1 Å². The number of carbonyl (C=O) groups excluding carboxylic acids is 1. The second kappa shape index (κ2) is 8.20. The average molecular weight is 406 g/mol. The number of fused-ring (bicyclic) bond motifs is 1. The fourth-order valence-corrected chi connectivity index (χ4v) is 3.10. The van der Waals surface area contributed by atoms with Crippen LogP contribution in [0.25, 0.3) is 17.0 Å². The van der Waals surface area contributed by atoms with Crippen LogP contribution in [-0.4, -0.2) is 34.7 Å². The molecule has 1 amide bonds. The summed E-state index contributed by atoms with van der Waals surface area (Å²) in [5.41, 5.74) is 2.59. The van der Waals surface area contributed by atoms with Crippen LogP contribution in [0, 0.1) is 5.82 Å². The summed E-state index contributed by atoms with van der Waals surface area (Å²) in [5.74, 6) is 1.24. The van der Waals surface area contributed by atoms with Gasteiger partial charge in [0.05, 0.1) is 14.2 Å². The number of ether oxygens (including phenoxy) is 2. The molecule has 0 saturated carbocycles. The standard InChI is InChI=1S/C22H19FN4O3/c1-29-18-8-3-14(11-19(18)30-2)13-24-22(28)16-9-10-27-20(12-16)25-26-21(27)15-4-6-17(23)7-5-15/h3-12H,13H2,1-2H3,(H,24,28). The molecule has 0 radical (unpaired) electrons. The van der Waals surface area contributed by atoms with Gasteiger partial charge < -0.3 is 14.8 Å². The Labute approximate surface area is 172 Å². The minimum absolute atomic E-state index is 0.237. The van der Waals surface area contributed by atoms with E-state index in [2.05, 4.69) is 15.5 Å². The number of pyridine rings is 1. The quantitative estimate of drug-likeness (QED) is 0.530. The number of nitrogens with one attached hydrogen (secondary N) is 1. The third-order valence-corrected chi connectivity index (χ3v) is 4.68. The molecular formula is C22H19FN4O3. The first-order valence-electron chi connectivity index (χ1n) is 9.19. The zero-order chi connectivity index (χ0) is 21.1. The summed E-state index contributed by atoms with van der Waals surface area (Å²) in [5, 5.41) is 11.2. The maximum Gasteiger partial charge on any atom is 0.251 e. The van der Waals surface area contributed by atoms with Crippen molar-refractivity contribution in [3.8, 4) is 22.9 Å². The van der Waals surface area contributed by atoms with Crippen molar-refractivity contribution >= 4 is 11.6 Å². The van der Waals surface area contributed by atoms with Crippen molar-refractivity contribution in [1.82, 2.24) is 19.9 Å². The molecule has 7 nitrogen and oxygen atoms in total. The van der Waals surface area contributed by atoms with E-state index in [1.54, 1.807) is 55.1 Å². The molecule has 2 heterocycles. The van der Waals surface area contributed by atoms with Crippen molar-refractivity contribution in [3.63, 3.8) is 0 Å². The number of hydrogen-bond donors (Lipinski definition) is 1. The molecule has 4 aromatic rings. The molecule has 0 aliphatic rings. The largest absolute Gasteiger partial charge is 0.493 e. The highest BCUT2D eigenvalue weighted by Gasteiger charge is 2.12. The molecule has 0 fully saturated rings. The molecular weight excluding hydrogens is 387 g/mol. The second-order valence-corrected chi connectivity index (χ2v) is 6.55. The minimum Gasteiger partial charge on any atom is -0.493 e. The molecule has 0 saturated heterocycles. The third-order valence-electron chi connectivity index (χ3n) is 4.68. The van der Waals surface area contributed by atoms with Crippen molar-refractivity contribution in [2.45, 2.75) is 6.54 Å². The summed E-state index contributed by atoms with van der Waals surface area (Å²) >= 11 is 0. The molecule has 1 N–H and O–H groups in total. The Kier molecular flexibility index (Phi) is 5.30. The number of aromatic nitrogens is 3. The van der Waals surface area contributed by atoms with Crippen LogP contribution in [0.4, 0.5) is 4.39 Å². The second-order valence-electron chi connectivity index (χ2n) is 6.55. The van der Waals surface area contributed by atoms with Crippen LogP contribution < -0.4 is 14.8 Å². The predicted octanol–water partition coefficient (Wildman–Crippen LogP) is 3.48. The number of carbonyl (C=O) groups is 1. The highest BCUT2D eigenvalue weighted by Crippen LogP contribution is 2.27. The molecule has 152 valence electrons. The number of halogens is 1. The minimum atomic E-state index is -0.319. The van der Waals surface area contributed by atoms with Gasteiger partial charge in [-0.25, -0.2) is 4.39 Å². The fraction of sp³-hybridized carbons (Fsp3) is 0.136. The van der Waals surface area contributed by atoms with E-state index >= 15 is 0 Å². The highest BCUT2D eigenvalue weighted by molar-refractivity contribution is 5.95. The van der Waals surface area contributed by atoms with Gasteiger partial charge in [-0.2, -0.15) is 0 Å². The van der Waals surface area contributed by atoms with Gasteiger partial charge in [0, 0.05) is 23.9 Å². The Hall–Kier alpha value is -3.94. The number of nitrogens with zero attached hydrogens (tertiary/aromatic N) is 3. The SMILES string of the molecule is COc1ccc(CNC(=O)c2ccn3c(-c4ccc(F)cc4)nnc3c2)cc1OC. The van der Waals surface area contributed by atoms with E-state index in [0.717, 1.165) is 11.1 Å². The molecule has 2 aromatic carbocycles. The normalized spacial score (nSPS) is 10.8. The molecule has 4 rings (SSSR count). The Balaban J connectivity index is 1.51. The number of amides is 1. The van der Waals surface area contributed by atoms with Gasteiger partial charge in [-0.3, -0.25) is 9.20 Å². The molecule has 0 bridgehead atoms. The summed E-state index contributed by atoms with van der Waals surface area (Å²) in [6, 6.07) is 14.8. The van der Waals surface area contributed by atoms with E-state index in [1.807, 2.05) is 12.1 Å². The molecule has 8 heteroatoms. The van der Waals surface area contributed by atoms with Crippen molar-refractivity contribution in [2.75, 3.05) is 14.2 Å². The number of rotatable bonds is 6. The molecule has 0 aliphatic heterocycles. The maximum atomic E-state index is 13.2. The first kappa shape index (κ1) is 19.4. The van der Waals surface area contributed by atoms with Crippen LogP contribution in [0.3, 0.4) is 0 Å². The molecule has 0 aliphatic carbocycles. The number of methoxy groups -OCH3 is 2. The summed E-state index contributed by atoms with van der Waals surface area (Å²) in [4.78, 5) is 12.6. The summed E-state index contributed by atoms with van der Waals surface area (Å²) in [6.07, 6.45) is 1.72. The van der Waals surface area contributed by atoms with E-state index < -0.39 is 0 Å². The first-order chi connectivity index (χ1) is 14.6. The van der Waals surface area contributed by atoms with Crippen molar-refractivity contribution in [3.05, 3.63) is 77.7 Å². The Morgan fingerprint density at radius 2 is 1.77 bits per heavy atom.